The molecule has 5 nitrogen and oxygen atoms in total. The van der Waals surface area contributed by atoms with Gasteiger partial charge in [0, 0.05) is 27.7 Å². The molecule has 0 radical (unpaired) electrons. The summed E-state index contributed by atoms with van der Waals surface area (Å²) >= 11 is 12.5. The van der Waals surface area contributed by atoms with Crippen molar-refractivity contribution in [3.8, 4) is 11.5 Å². The Kier molecular flexibility index (Phi) is 6.15. The maximum absolute atomic E-state index is 11.9. The Morgan fingerprint density at radius 3 is 2.04 bits per heavy atom. The van der Waals surface area contributed by atoms with E-state index in [1.807, 2.05) is 17.0 Å². The minimum Gasteiger partial charge on any atom is -0.496 e. The number of nitrogens with zero attached hydrogens (tertiary/aromatic N) is 1. The first-order valence-corrected chi connectivity index (χ1v) is 9.37. The predicted molar refractivity (Wildman–Crippen MR) is 105 cm³/mol. The van der Waals surface area contributed by atoms with Crippen molar-refractivity contribution in [2.45, 2.75) is 24.9 Å². The summed E-state index contributed by atoms with van der Waals surface area (Å²) in [5, 5.41) is 10.8. The van der Waals surface area contributed by atoms with Crippen molar-refractivity contribution in [2.24, 2.45) is 0 Å². The highest BCUT2D eigenvalue weighted by Crippen LogP contribution is 2.43. The van der Waals surface area contributed by atoms with Crippen molar-refractivity contribution in [3.63, 3.8) is 0 Å². The largest absolute Gasteiger partial charge is 0.496 e. The summed E-state index contributed by atoms with van der Waals surface area (Å²) < 4.78 is 11.1. The Morgan fingerprint density at radius 2 is 1.59 bits per heavy atom. The average molecular weight is 410 g/mol. The van der Waals surface area contributed by atoms with Crippen molar-refractivity contribution < 1.29 is 19.4 Å². The first-order chi connectivity index (χ1) is 13.0. The quantitative estimate of drug-likeness (QED) is 0.752. The lowest BCUT2D eigenvalue weighted by Crippen LogP contribution is -2.39. The van der Waals surface area contributed by atoms with E-state index in [0.29, 0.717) is 34.5 Å². The number of rotatable bonds is 6. The van der Waals surface area contributed by atoms with Gasteiger partial charge in [-0.3, -0.25) is 9.69 Å². The van der Waals surface area contributed by atoms with Crippen LogP contribution in [0.1, 0.15) is 30.0 Å². The summed E-state index contributed by atoms with van der Waals surface area (Å²) in [6.45, 7) is 0.632. The number of ether oxygens (including phenoxy) is 2. The second-order valence-electron chi connectivity index (χ2n) is 6.41. The third-order valence-electron chi connectivity index (χ3n) is 4.88. The first-order valence-electron chi connectivity index (χ1n) is 8.61. The van der Waals surface area contributed by atoms with Gasteiger partial charge in [-0.2, -0.15) is 0 Å². The molecule has 1 atom stereocenters. The number of methoxy groups -OCH3 is 2. The summed E-state index contributed by atoms with van der Waals surface area (Å²) in [6.07, 6.45) is 1.37. The van der Waals surface area contributed by atoms with Crippen LogP contribution < -0.4 is 9.47 Å². The van der Waals surface area contributed by atoms with E-state index in [-0.39, 0.29) is 0 Å². The highest BCUT2D eigenvalue weighted by atomic mass is 35.5. The number of likely N-dealkylation sites (tertiary alicyclic amines) is 1. The molecule has 3 rings (SSSR count). The molecule has 0 saturated carbocycles. The van der Waals surface area contributed by atoms with E-state index in [1.54, 1.807) is 38.5 Å². The monoisotopic (exact) mass is 409 g/mol. The van der Waals surface area contributed by atoms with Crippen LogP contribution in [0.3, 0.4) is 0 Å². The van der Waals surface area contributed by atoms with E-state index in [4.69, 9.17) is 32.7 Å². The van der Waals surface area contributed by atoms with Crippen molar-refractivity contribution in [1.29, 1.82) is 0 Å². The van der Waals surface area contributed by atoms with Gasteiger partial charge < -0.3 is 14.6 Å². The number of carboxylic acids is 1. The molecular formula is C20H21Cl2NO4. The highest BCUT2D eigenvalue weighted by Gasteiger charge is 2.39. The van der Waals surface area contributed by atoms with Crippen molar-refractivity contribution in [2.75, 3.05) is 20.8 Å². The minimum atomic E-state index is -0.848. The second kappa shape index (κ2) is 8.38. The molecule has 2 aromatic rings. The SMILES string of the molecule is COc1ccc(Cl)cc1C(c1cc(Cl)ccc1OC)N1CCCC1C(=O)O. The molecule has 0 amide bonds. The summed E-state index contributed by atoms with van der Waals surface area (Å²) in [5.41, 5.74) is 1.55. The molecule has 1 N–H and O–H groups in total. The molecule has 0 aromatic heterocycles. The zero-order valence-electron chi connectivity index (χ0n) is 15.1. The Hall–Kier alpha value is -1.95. The van der Waals surface area contributed by atoms with Gasteiger partial charge in [-0.05, 0) is 49.2 Å². The number of aliphatic carboxylic acids is 1. The normalized spacial score (nSPS) is 17.3. The molecular weight excluding hydrogens is 389 g/mol. The molecule has 1 heterocycles. The molecule has 1 aliphatic heterocycles. The fourth-order valence-corrected chi connectivity index (χ4v) is 4.09. The van der Waals surface area contributed by atoms with Gasteiger partial charge in [-0.15, -0.1) is 0 Å². The lowest BCUT2D eigenvalue weighted by atomic mass is 9.94. The van der Waals surface area contributed by atoms with Crippen molar-refractivity contribution >= 4 is 29.2 Å². The van der Waals surface area contributed by atoms with Crippen LogP contribution in [0.25, 0.3) is 0 Å². The molecule has 0 aliphatic carbocycles. The van der Waals surface area contributed by atoms with E-state index < -0.39 is 18.1 Å². The molecule has 0 bridgehead atoms. The summed E-state index contributed by atoms with van der Waals surface area (Å²) in [6, 6.07) is 9.65. The lowest BCUT2D eigenvalue weighted by Gasteiger charge is -2.33. The number of halogens is 2. The molecule has 7 heteroatoms. The van der Waals surface area contributed by atoms with Crippen LogP contribution in [0.15, 0.2) is 36.4 Å². The maximum atomic E-state index is 11.9. The van der Waals surface area contributed by atoms with E-state index in [9.17, 15) is 9.90 Å². The summed E-state index contributed by atoms with van der Waals surface area (Å²) in [7, 11) is 3.16. The maximum Gasteiger partial charge on any atom is 0.320 e. The zero-order chi connectivity index (χ0) is 19.6. The van der Waals surface area contributed by atoms with E-state index in [2.05, 4.69) is 0 Å². The van der Waals surface area contributed by atoms with Gasteiger partial charge in [0.25, 0.3) is 0 Å². The Labute approximate surface area is 168 Å². The van der Waals surface area contributed by atoms with Crippen LogP contribution in [-0.2, 0) is 4.79 Å². The topological polar surface area (TPSA) is 59.0 Å². The third-order valence-corrected chi connectivity index (χ3v) is 5.35. The Balaban J connectivity index is 2.24. The highest BCUT2D eigenvalue weighted by molar-refractivity contribution is 6.31. The van der Waals surface area contributed by atoms with Crippen molar-refractivity contribution in [3.05, 3.63) is 57.6 Å². The van der Waals surface area contributed by atoms with Gasteiger partial charge >= 0.3 is 5.97 Å². The number of benzene rings is 2. The average Bonchev–Trinajstić information content (AvgIpc) is 3.12. The van der Waals surface area contributed by atoms with Gasteiger partial charge in [0.05, 0.1) is 20.3 Å². The number of carboxylic acid groups (broad SMARTS) is 1. The van der Waals surface area contributed by atoms with Crippen LogP contribution in [0, 0.1) is 0 Å². The van der Waals surface area contributed by atoms with E-state index in [1.165, 1.54) is 0 Å². The summed E-state index contributed by atoms with van der Waals surface area (Å²) in [4.78, 5) is 13.8. The molecule has 144 valence electrons. The van der Waals surface area contributed by atoms with E-state index in [0.717, 1.165) is 17.5 Å². The Morgan fingerprint density at radius 1 is 1.07 bits per heavy atom. The fourth-order valence-electron chi connectivity index (χ4n) is 3.73. The molecule has 27 heavy (non-hydrogen) atoms. The number of hydrogen-bond acceptors (Lipinski definition) is 4. The van der Waals surface area contributed by atoms with E-state index >= 15 is 0 Å². The third kappa shape index (κ3) is 4.00. The molecule has 1 unspecified atom stereocenters. The first kappa shape index (κ1) is 19.8. The van der Waals surface area contributed by atoms with Crippen LogP contribution >= 0.6 is 23.2 Å². The molecule has 0 spiro atoms. The van der Waals surface area contributed by atoms with Crippen molar-refractivity contribution in [1.82, 2.24) is 4.90 Å². The molecule has 1 fully saturated rings. The van der Waals surface area contributed by atoms with Crippen LogP contribution in [0.5, 0.6) is 11.5 Å². The number of carbonyl (C=O) groups is 1. The van der Waals surface area contributed by atoms with Gasteiger partial charge in [0.2, 0.25) is 0 Å². The van der Waals surface area contributed by atoms with Crippen LogP contribution in [0.4, 0.5) is 0 Å². The predicted octanol–water partition coefficient (Wildman–Crippen LogP) is 4.65. The smallest absolute Gasteiger partial charge is 0.320 e. The molecule has 1 saturated heterocycles. The summed E-state index contributed by atoms with van der Waals surface area (Å²) in [5.74, 6) is 0.407. The fraction of sp³-hybridized carbons (Fsp3) is 0.350. The standard InChI is InChI=1S/C20H21Cl2NO4/c1-26-17-7-5-12(21)10-14(17)19(23-9-3-4-16(23)20(24)25)15-11-13(22)6-8-18(15)27-2/h5-8,10-11,16,19H,3-4,9H2,1-2H3,(H,24,25). The second-order valence-corrected chi connectivity index (χ2v) is 7.28. The zero-order valence-corrected chi connectivity index (χ0v) is 16.6. The van der Waals surface area contributed by atoms with Gasteiger partial charge in [-0.25, -0.2) is 0 Å². The minimum absolute atomic E-state index is 0.420. The van der Waals surface area contributed by atoms with Crippen LogP contribution in [0.2, 0.25) is 10.0 Å². The molecule has 1 aliphatic rings. The van der Waals surface area contributed by atoms with Gasteiger partial charge in [0.1, 0.15) is 17.5 Å². The van der Waals surface area contributed by atoms with Crippen LogP contribution in [-0.4, -0.2) is 42.8 Å². The van der Waals surface area contributed by atoms with Gasteiger partial charge in [0.15, 0.2) is 0 Å². The Bertz CT molecular complexity index is 789. The number of hydrogen-bond donors (Lipinski definition) is 1. The molecule has 2 aromatic carbocycles. The lowest BCUT2D eigenvalue weighted by molar-refractivity contribution is -0.142. The van der Waals surface area contributed by atoms with Gasteiger partial charge in [-0.1, -0.05) is 23.2 Å².